The fourth-order valence-corrected chi connectivity index (χ4v) is 3.01. The molecule has 3 heteroatoms. The predicted octanol–water partition coefficient (Wildman–Crippen LogP) is 3.95. The molecule has 0 aromatic heterocycles. The van der Waals surface area contributed by atoms with Crippen molar-refractivity contribution in [2.75, 3.05) is 27.2 Å². The Labute approximate surface area is 138 Å². The van der Waals surface area contributed by atoms with E-state index in [1.54, 1.807) is 0 Å². The molecule has 0 radical (unpaired) electrons. The SMILES string of the molecule is Cc1ccc2c(c1)C(OCCCN(C)C)c1ccccc1CO2. The number of rotatable bonds is 5. The molecule has 0 spiro atoms. The molecule has 23 heavy (non-hydrogen) atoms. The van der Waals surface area contributed by atoms with Crippen LogP contribution in [0.25, 0.3) is 0 Å². The van der Waals surface area contributed by atoms with Gasteiger partial charge in [0.15, 0.2) is 0 Å². The Morgan fingerprint density at radius 1 is 1.13 bits per heavy atom. The smallest absolute Gasteiger partial charge is 0.125 e. The molecule has 2 aromatic carbocycles. The van der Waals surface area contributed by atoms with Crippen molar-refractivity contribution in [1.29, 1.82) is 0 Å². The topological polar surface area (TPSA) is 21.7 Å². The van der Waals surface area contributed by atoms with Crippen LogP contribution in [-0.4, -0.2) is 32.1 Å². The zero-order valence-electron chi connectivity index (χ0n) is 14.2. The third-order valence-corrected chi connectivity index (χ3v) is 4.20. The molecule has 3 rings (SSSR count). The molecule has 0 aliphatic carbocycles. The molecular formula is C20H25NO2. The van der Waals surface area contributed by atoms with Crippen molar-refractivity contribution in [1.82, 2.24) is 4.90 Å². The maximum atomic E-state index is 6.31. The van der Waals surface area contributed by atoms with Crippen LogP contribution >= 0.6 is 0 Å². The highest BCUT2D eigenvalue weighted by Gasteiger charge is 2.25. The van der Waals surface area contributed by atoms with Crippen molar-refractivity contribution in [3.8, 4) is 5.75 Å². The van der Waals surface area contributed by atoms with E-state index < -0.39 is 0 Å². The van der Waals surface area contributed by atoms with Crippen LogP contribution in [0.1, 0.15) is 34.8 Å². The zero-order chi connectivity index (χ0) is 16.2. The largest absolute Gasteiger partial charge is 0.488 e. The minimum atomic E-state index is -0.0502. The number of benzene rings is 2. The van der Waals surface area contributed by atoms with Crippen molar-refractivity contribution >= 4 is 0 Å². The van der Waals surface area contributed by atoms with Crippen LogP contribution < -0.4 is 4.74 Å². The first-order valence-corrected chi connectivity index (χ1v) is 8.22. The van der Waals surface area contributed by atoms with Gasteiger partial charge in [0.05, 0.1) is 0 Å². The summed E-state index contributed by atoms with van der Waals surface area (Å²) in [5.74, 6) is 0.935. The van der Waals surface area contributed by atoms with Crippen LogP contribution in [0, 0.1) is 6.92 Å². The van der Waals surface area contributed by atoms with Gasteiger partial charge < -0.3 is 14.4 Å². The van der Waals surface area contributed by atoms with Gasteiger partial charge in [0.2, 0.25) is 0 Å². The van der Waals surface area contributed by atoms with E-state index in [2.05, 4.69) is 68.4 Å². The highest BCUT2D eigenvalue weighted by molar-refractivity contribution is 5.46. The summed E-state index contributed by atoms with van der Waals surface area (Å²) in [5.41, 5.74) is 4.80. The quantitative estimate of drug-likeness (QED) is 0.781. The predicted molar refractivity (Wildman–Crippen MR) is 92.9 cm³/mol. The van der Waals surface area contributed by atoms with Gasteiger partial charge in [-0.05, 0) is 57.2 Å². The van der Waals surface area contributed by atoms with Crippen molar-refractivity contribution < 1.29 is 9.47 Å². The van der Waals surface area contributed by atoms with Crippen LogP contribution in [0.3, 0.4) is 0 Å². The van der Waals surface area contributed by atoms with E-state index in [-0.39, 0.29) is 6.10 Å². The molecule has 0 fully saturated rings. The van der Waals surface area contributed by atoms with Crippen molar-refractivity contribution in [2.45, 2.75) is 26.1 Å². The second-order valence-electron chi connectivity index (χ2n) is 6.44. The van der Waals surface area contributed by atoms with Gasteiger partial charge >= 0.3 is 0 Å². The van der Waals surface area contributed by atoms with Gasteiger partial charge in [-0.2, -0.15) is 0 Å². The first kappa shape index (κ1) is 16.0. The Bertz CT molecular complexity index is 666. The van der Waals surface area contributed by atoms with Crippen LogP contribution in [0.4, 0.5) is 0 Å². The Morgan fingerprint density at radius 3 is 2.78 bits per heavy atom. The monoisotopic (exact) mass is 311 g/mol. The summed E-state index contributed by atoms with van der Waals surface area (Å²) in [6.07, 6.45) is 0.971. The van der Waals surface area contributed by atoms with Crippen LogP contribution in [0.15, 0.2) is 42.5 Å². The van der Waals surface area contributed by atoms with E-state index in [1.807, 2.05) is 0 Å². The van der Waals surface area contributed by atoms with E-state index in [0.717, 1.165) is 30.9 Å². The van der Waals surface area contributed by atoms with Gasteiger partial charge in [-0.25, -0.2) is 0 Å². The number of nitrogens with zero attached hydrogens (tertiary/aromatic N) is 1. The normalized spacial score (nSPS) is 16.4. The van der Waals surface area contributed by atoms with Crippen LogP contribution in [0.2, 0.25) is 0 Å². The number of ether oxygens (including phenoxy) is 2. The first-order chi connectivity index (χ1) is 11.1. The molecule has 0 bridgehead atoms. The van der Waals surface area contributed by atoms with Crippen molar-refractivity contribution in [3.05, 3.63) is 64.7 Å². The molecule has 3 nitrogen and oxygen atoms in total. The van der Waals surface area contributed by atoms with E-state index in [1.165, 1.54) is 16.7 Å². The maximum Gasteiger partial charge on any atom is 0.125 e. The highest BCUT2D eigenvalue weighted by Crippen LogP contribution is 2.38. The zero-order valence-corrected chi connectivity index (χ0v) is 14.2. The molecule has 2 aromatic rings. The van der Waals surface area contributed by atoms with Gasteiger partial charge in [0.1, 0.15) is 18.5 Å². The summed E-state index contributed by atoms with van der Waals surface area (Å²) >= 11 is 0. The van der Waals surface area contributed by atoms with Gasteiger partial charge in [0.25, 0.3) is 0 Å². The van der Waals surface area contributed by atoms with Gasteiger partial charge in [-0.15, -0.1) is 0 Å². The summed E-state index contributed by atoms with van der Waals surface area (Å²) in [7, 11) is 4.18. The third-order valence-electron chi connectivity index (χ3n) is 4.20. The molecule has 1 aliphatic rings. The standard InChI is InChI=1S/C20H25NO2/c1-15-9-10-19-18(13-15)20(22-12-6-11-21(2)3)17-8-5-4-7-16(17)14-23-19/h4-5,7-10,13,20H,6,11-12,14H2,1-3H3. The fourth-order valence-electron chi connectivity index (χ4n) is 3.01. The lowest BCUT2D eigenvalue weighted by Gasteiger charge is -2.21. The van der Waals surface area contributed by atoms with E-state index in [4.69, 9.17) is 9.47 Å². The molecular weight excluding hydrogens is 286 g/mol. The Morgan fingerprint density at radius 2 is 1.96 bits per heavy atom. The third kappa shape index (κ3) is 3.74. The second-order valence-corrected chi connectivity index (χ2v) is 6.44. The summed E-state index contributed by atoms with van der Waals surface area (Å²) in [6.45, 7) is 4.49. The number of hydrogen-bond donors (Lipinski definition) is 0. The molecule has 1 unspecified atom stereocenters. The molecule has 0 N–H and O–H groups in total. The average Bonchev–Trinajstić information content (AvgIpc) is 2.68. The number of aryl methyl sites for hydroxylation is 1. The number of hydrogen-bond acceptors (Lipinski definition) is 3. The fraction of sp³-hybridized carbons (Fsp3) is 0.400. The minimum Gasteiger partial charge on any atom is -0.488 e. The lowest BCUT2D eigenvalue weighted by molar-refractivity contribution is 0.0740. The van der Waals surface area contributed by atoms with Gasteiger partial charge in [-0.1, -0.05) is 35.9 Å². The molecule has 0 amide bonds. The molecule has 1 atom stereocenters. The summed E-state index contributed by atoms with van der Waals surface area (Å²) < 4.78 is 12.3. The molecule has 122 valence electrons. The lowest BCUT2D eigenvalue weighted by Crippen LogP contribution is -2.16. The highest BCUT2D eigenvalue weighted by atomic mass is 16.5. The number of fused-ring (bicyclic) bond motifs is 2. The molecule has 0 saturated carbocycles. The second kappa shape index (κ2) is 7.16. The Kier molecular flexibility index (Phi) is 4.99. The van der Waals surface area contributed by atoms with Crippen molar-refractivity contribution in [3.63, 3.8) is 0 Å². The summed E-state index contributed by atoms with van der Waals surface area (Å²) in [6, 6.07) is 14.8. The summed E-state index contributed by atoms with van der Waals surface area (Å²) in [5, 5.41) is 0. The minimum absolute atomic E-state index is 0.0502. The summed E-state index contributed by atoms with van der Waals surface area (Å²) in [4.78, 5) is 2.19. The van der Waals surface area contributed by atoms with Crippen LogP contribution in [0.5, 0.6) is 5.75 Å². The first-order valence-electron chi connectivity index (χ1n) is 8.22. The molecule has 1 aliphatic heterocycles. The van der Waals surface area contributed by atoms with E-state index >= 15 is 0 Å². The van der Waals surface area contributed by atoms with Crippen molar-refractivity contribution in [2.24, 2.45) is 0 Å². The Hall–Kier alpha value is -1.84. The van der Waals surface area contributed by atoms with Crippen LogP contribution in [-0.2, 0) is 11.3 Å². The Balaban J connectivity index is 1.90. The lowest BCUT2D eigenvalue weighted by atomic mass is 9.96. The van der Waals surface area contributed by atoms with E-state index in [9.17, 15) is 0 Å². The molecule has 1 heterocycles. The van der Waals surface area contributed by atoms with Gasteiger partial charge in [-0.3, -0.25) is 0 Å². The molecule has 0 saturated heterocycles. The van der Waals surface area contributed by atoms with Gasteiger partial charge in [0, 0.05) is 12.2 Å². The van der Waals surface area contributed by atoms with E-state index in [0.29, 0.717) is 6.61 Å². The maximum absolute atomic E-state index is 6.31. The average molecular weight is 311 g/mol.